The molecule has 0 amide bonds. The molecule has 2 N–H and O–H groups in total. The van der Waals surface area contributed by atoms with Gasteiger partial charge in [0.05, 0.1) is 6.10 Å². The summed E-state index contributed by atoms with van der Waals surface area (Å²) < 4.78 is 0. The minimum absolute atomic E-state index is 0.0420. The summed E-state index contributed by atoms with van der Waals surface area (Å²) in [5.74, 6) is 1.79. The van der Waals surface area contributed by atoms with Crippen LogP contribution in [0.15, 0.2) is 0 Å². The Morgan fingerprint density at radius 2 is 1.68 bits per heavy atom. The lowest BCUT2D eigenvalue weighted by Gasteiger charge is -2.33. The van der Waals surface area contributed by atoms with Crippen LogP contribution in [-0.2, 0) is 0 Å². The van der Waals surface area contributed by atoms with E-state index in [9.17, 15) is 5.11 Å². The summed E-state index contributed by atoms with van der Waals surface area (Å²) in [4.78, 5) is 2.50. The van der Waals surface area contributed by atoms with Crippen molar-refractivity contribution in [2.45, 2.75) is 64.5 Å². The highest BCUT2D eigenvalue weighted by atomic mass is 16.3. The predicted molar refractivity (Wildman–Crippen MR) is 80.3 cm³/mol. The number of hydrogen-bond acceptors (Lipinski definition) is 3. The van der Waals surface area contributed by atoms with E-state index in [2.05, 4.69) is 24.1 Å². The number of rotatable bonds is 5. The van der Waals surface area contributed by atoms with Crippen LogP contribution in [0.25, 0.3) is 0 Å². The summed E-state index contributed by atoms with van der Waals surface area (Å²) in [6.45, 7) is 9.30. The Labute approximate surface area is 118 Å². The molecule has 2 atom stereocenters. The minimum Gasteiger partial charge on any atom is -0.393 e. The Morgan fingerprint density at radius 3 is 2.32 bits per heavy atom. The molecule has 0 spiro atoms. The number of nitrogens with one attached hydrogen (secondary N) is 1. The summed E-state index contributed by atoms with van der Waals surface area (Å²) in [5.41, 5.74) is 0. The third kappa shape index (κ3) is 5.41. The van der Waals surface area contributed by atoms with Gasteiger partial charge in [-0.05, 0) is 63.5 Å². The molecular formula is C16H32N2O. The van der Waals surface area contributed by atoms with E-state index in [0.29, 0.717) is 0 Å². The van der Waals surface area contributed by atoms with Crippen molar-refractivity contribution in [2.75, 3.05) is 26.2 Å². The van der Waals surface area contributed by atoms with E-state index in [1.807, 2.05) is 0 Å². The van der Waals surface area contributed by atoms with Gasteiger partial charge in [0, 0.05) is 19.1 Å². The van der Waals surface area contributed by atoms with Crippen molar-refractivity contribution in [3.63, 3.8) is 0 Å². The van der Waals surface area contributed by atoms with Crippen molar-refractivity contribution >= 4 is 0 Å². The molecule has 0 aromatic carbocycles. The van der Waals surface area contributed by atoms with Crippen molar-refractivity contribution in [1.82, 2.24) is 10.2 Å². The molecule has 2 fully saturated rings. The molecule has 3 nitrogen and oxygen atoms in total. The maximum absolute atomic E-state index is 9.48. The fraction of sp³-hybridized carbons (Fsp3) is 1.00. The Balaban J connectivity index is 1.54. The third-order valence-corrected chi connectivity index (χ3v) is 4.82. The molecule has 1 saturated carbocycles. The van der Waals surface area contributed by atoms with Gasteiger partial charge in [-0.1, -0.05) is 13.8 Å². The van der Waals surface area contributed by atoms with Crippen LogP contribution in [0, 0.1) is 11.8 Å². The molecule has 3 heteroatoms. The van der Waals surface area contributed by atoms with E-state index in [4.69, 9.17) is 0 Å². The maximum Gasteiger partial charge on any atom is 0.0564 e. The smallest absolute Gasteiger partial charge is 0.0564 e. The lowest BCUT2D eigenvalue weighted by molar-refractivity contribution is 0.0818. The highest BCUT2D eigenvalue weighted by molar-refractivity contribution is 4.79. The topological polar surface area (TPSA) is 35.5 Å². The van der Waals surface area contributed by atoms with Crippen molar-refractivity contribution < 1.29 is 5.11 Å². The molecule has 19 heavy (non-hydrogen) atoms. The molecule has 0 bridgehead atoms. The fourth-order valence-electron chi connectivity index (χ4n) is 3.87. The first kappa shape index (κ1) is 15.3. The summed E-state index contributed by atoms with van der Waals surface area (Å²) in [7, 11) is 0. The Morgan fingerprint density at radius 1 is 1.05 bits per heavy atom. The zero-order valence-corrected chi connectivity index (χ0v) is 12.8. The van der Waals surface area contributed by atoms with Gasteiger partial charge in [0.1, 0.15) is 0 Å². The number of aliphatic hydroxyl groups excluding tert-OH is 1. The van der Waals surface area contributed by atoms with Crippen LogP contribution in [0.4, 0.5) is 0 Å². The second-order valence-corrected chi connectivity index (χ2v) is 6.99. The first-order valence-corrected chi connectivity index (χ1v) is 8.27. The minimum atomic E-state index is -0.0420. The molecule has 0 aromatic heterocycles. The molecule has 112 valence electrons. The summed E-state index contributed by atoms with van der Waals surface area (Å²) >= 11 is 0. The quantitative estimate of drug-likeness (QED) is 0.751. The van der Waals surface area contributed by atoms with Crippen molar-refractivity contribution in [2.24, 2.45) is 11.8 Å². The molecule has 2 aliphatic rings. The number of nitrogens with zero attached hydrogens (tertiary/aromatic N) is 1. The second kappa shape index (κ2) is 7.61. The van der Waals surface area contributed by atoms with E-state index in [1.165, 1.54) is 32.2 Å². The van der Waals surface area contributed by atoms with Gasteiger partial charge in [-0.15, -0.1) is 0 Å². The number of aliphatic hydroxyl groups is 1. The second-order valence-electron chi connectivity index (χ2n) is 6.99. The summed E-state index contributed by atoms with van der Waals surface area (Å²) in [5, 5.41) is 13.2. The molecule has 0 aromatic rings. The summed E-state index contributed by atoms with van der Waals surface area (Å²) in [6, 6.07) is 0.752. The van der Waals surface area contributed by atoms with Crippen LogP contribution in [0.5, 0.6) is 0 Å². The first-order chi connectivity index (χ1) is 9.13. The van der Waals surface area contributed by atoms with Gasteiger partial charge >= 0.3 is 0 Å². The van der Waals surface area contributed by atoms with Gasteiger partial charge in [0.15, 0.2) is 0 Å². The number of hydrogen-bond donors (Lipinski definition) is 2. The van der Waals surface area contributed by atoms with E-state index < -0.39 is 0 Å². The SMILES string of the molecule is CC1CC(C)CC(NCCCN2CCC(O)CC2)C1. The standard InChI is InChI=1S/C16H32N2O/c1-13-10-14(2)12-15(11-13)17-6-3-7-18-8-4-16(19)5-9-18/h13-17,19H,3-12H2,1-2H3. The molecule has 0 radical (unpaired) electrons. The summed E-state index contributed by atoms with van der Waals surface area (Å²) in [6.07, 6.45) is 7.26. The van der Waals surface area contributed by atoms with Crippen LogP contribution in [0.1, 0.15) is 52.4 Å². The van der Waals surface area contributed by atoms with Crippen LogP contribution >= 0.6 is 0 Å². The van der Waals surface area contributed by atoms with Gasteiger partial charge in [0.25, 0.3) is 0 Å². The van der Waals surface area contributed by atoms with Crippen molar-refractivity contribution in [3.8, 4) is 0 Å². The molecule has 1 aliphatic carbocycles. The normalized spacial score (nSPS) is 34.6. The molecule has 1 aliphatic heterocycles. The predicted octanol–water partition coefficient (Wildman–Crippen LogP) is 2.25. The number of piperidine rings is 1. The fourth-order valence-corrected chi connectivity index (χ4v) is 3.87. The Kier molecular flexibility index (Phi) is 6.11. The molecule has 2 rings (SSSR count). The molecule has 1 heterocycles. The zero-order chi connectivity index (χ0) is 13.7. The van der Waals surface area contributed by atoms with E-state index in [-0.39, 0.29) is 6.10 Å². The highest BCUT2D eigenvalue weighted by Gasteiger charge is 2.23. The van der Waals surface area contributed by atoms with Gasteiger partial charge in [0.2, 0.25) is 0 Å². The third-order valence-electron chi connectivity index (χ3n) is 4.82. The van der Waals surface area contributed by atoms with E-state index in [1.54, 1.807) is 0 Å². The molecular weight excluding hydrogens is 236 g/mol. The lowest BCUT2D eigenvalue weighted by Crippen LogP contribution is -2.39. The van der Waals surface area contributed by atoms with E-state index in [0.717, 1.165) is 50.4 Å². The lowest BCUT2D eigenvalue weighted by atomic mass is 9.80. The largest absolute Gasteiger partial charge is 0.393 e. The zero-order valence-electron chi connectivity index (χ0n) is 12.8. The Hall–Kier alpha value is -0.120. The van der Waals surface area contributed by atoms with Crippen LogP contribution < -0.4 is 5.32 Å². The molecule has 2 unspecified atom stereocenters. The maximum atomic E-state index is 9.48. The van der Waals surface area contributed by atoms with Crippen molar-refractivity contribution in [1.29, 1.82) is 0 Å². The Bertz CT molecular complexity index is 241. The van der Waals surface area contributed by atoms with Gasteiger partial charge < -0.3 is 15.3 Å². The average molecular weight is 268 g/mol. The van der Waals surface area contributed by atoms with Crippen LogP contribution in [0.3, 0.4) is 0 Å². The van der Waals surface area contributed by atoms with Gasteiger partial charge in [-0.2, -0.15) is 0 Å². The highest BCUT2D eigenvalue weighted by Crippen LogP contribution is 2.28. The van der Waals surface area contributed by atoms with Gasteiger partial charge in [-0.3, -0.25) is 0 Å². The number of likely N-dealkylation sites (tertiary alicyclic amines) is 1. The average Bonchev–Trinajstić information content (AvgIpc) is 2.36. The van der Waals surface area contributed by atoms with Crippen molar-refractivity contribution in [3.05, 3.63) is 0 Å². The first-order valence-electron chi connectivity index (χ1n) is 8.27. The molecule has 1 saturated heterocycles. The van der Waals surface area contributed by atoms with Gasteiger partial charge in [-0.25, -0.2) is 0 Å². The van der Waals surface area contributed by atoms with Crippen LogP contribution in [0.2, 0.25) is 0 Å². The monoisotopic (exact) mass is 268 g/mol. The van der Waals surface area contributed by atoms with Crippen LogP contribution in [-0.4, -0.2) is 48.3 Å². The van der Waals surface area contributed by atoms with E-state index >= 15 is 0 Å².